The summed E-state index contributed by atoms with van der Waals surface area (Å²) >= 11 is 5.86. The van der Waals surface area contributed by atoms with E-state index < -0.39 is 10.0 Å². The van der Waals surface area contributed by atoms with Crippen molar-refractivity contribution in [1.82, 2.24) is 9.71 Å². The van der Waals surface area contributed by atoms with Gasteiger partial charge in [0.1, 0.15) is 18.5 Å². The Bertz CT molecular complexity index is 841. The van der Waals surface area contributed by atoms with Crippen LogP contribution in [-0.4, -0.2) is 44.5 Å². The van der Waals surface area contributed by atoms with Gasteiger partial charge in [-0.05, 0) is 56.2 Å². The van der Waals surface area contributed by atoms with E-state index in [-0.39, 0.29) is 24.5 Å². The molecule has 3 rings (SSSR count). The average molecular weight is 411 g/mol. The van der Waals surface area contributed by atoms with Crippen LogP contribution in [0.5, 0.6) is 5.75 Å². The van der Waals surface area contributed by atoms with Crippen LogP contribution in [-0.2, 0) is 14.8 Å². The lowest BCUT2D eigenvalue weighted by molar-refractivity contribution is -0.0279. The summed E-state index contributed by atoms with van der Waals surface area (Å²) in [5, 5.41) is 0.597. The molecule has 1 N–H and O–H groups in total. The van der Waals surface area contributed by atoms with Gasteiger partial charge >= 0.3 is 0 Å². The highest BCUT2D eigenvalue weighted by molar-refractivity contribution is 7.89. The van der Waals surface area contributed by atoms with E-state index in [1.807, 2.05) is 30.3 Å². The fourth-order valence-corrected chi connectivity index (χ4v) is 3.91. The van der Waals surface area contributed by atoms with Crippen LogP contribution >= 0.6 is 11.6 Å². The molecular formula is C19H23ClN2O4S. The van der Waals surface area contributed by atoms with Crippen LogP contribution in [0.2, 0.25) is 5.02 Å². The number of sulfonamides is 1. The number of pyridine rings is 1. The van der Waals surface area contributed by atoms with E-state index in [4.69, 9.17) is 21.1 Å². The van der Waals surface area contributed by atoms with Gasteiger partial charge in [-0.25, -0.2) is 13.1 Å². The van der Waals surface area contributed by atoms with Gasteiger partial charge in [0.15, 0.2) is 0 Å². The van der Waals surface area contributed by atoms with Crippen molar-refractivity contribution in [1.29, 1.82) is 0 Å². The fourth-order valence-electron chi connectivity index (χ4n) is 2.90. The van der Waals surface area contributed by atoms with E-state index in [0.717, 1.165) is 24.1 Å². The summed E-state index contributed by atoms with van der Waals surface area (Å²) in [5.74, 6) is 0.746. The highest BCUT2D eigenvalue weighted by Gasteiger charge is 2.29. The molecule has 1 aliphatic rings. The first kappa shape index (κ1) is 20.1. The Morgan fingerprint density at radius 2 is 2.04 bits per heavy atom. The van der Waals surface area contributed by atoms with E-state index >= 15 is 0 Å². The predicted molar refractivity (Wildman–Crippen MR) is 106 cm³/mol. The fraction of sp³-hybridized carbons (Fsp3) is 0.421. The van der Waals surface area contributed by atoms with Crippen LogP contribution in [0.1, 0.15) is 19.8 Å². The first-order valence-corrected chi connectivity index (χ1v) is 11.0. The number of nitrogens with zero attached hydrogens (tertiary/aromatic N) is 1. The third-order valence-corrected chi connectivity index (χ3v) is 6.09. The molecule has 1 aromatic heterocycles. The molecule has 0 spiro atoms. The lowest BCUT2D eigenvalue weighted by Gasteiger charge is -2.31. The molecule has 1 aliphatic heterocycles. The molecule has 1 fully saturated rings. The van der Waals surface area contributed by atoms with Crippen LogP contribution in [0.3, 0.4) is 0 Å². The normalized spacial score (nSPS) is 20.4. The van der Waals surface area contributed by atoms with Crippen LogP contribution in [0.4, 0.5) is 0 Å². The largest absolute Gasteiger partial charge is 0.491 e. The molecule has 6 nitrogen and oxygen atoms in total. The molecule has 0 bridgehead atoms. The zero-order chi connectivity index (χ0) is 19.3. The van der Waals surface area contributed by atoms with Gasteiger partial charge in [-0.1, -0.05) is 11.6 Å². The second kappa shape index (κ2) is 9.01. The third kappa shape index (κ3) is 5.65. The lowest BCUT2D eigenvalue weighted by atomic mass is 10.0. The molecule has 1 saturated heterocycles. The van der Waals surface area contributed by atoms with Crippen molar-refractivity contribution >= 4 is 21.6 Å². The second-order valence-corrected chi connectivity index (χ2v) is 8.86. The highest BCUT2D eigenvalue weighted by atomic mass is 35.5. The van der Waals surface area contributed by atoms with E-state index in [1.165, 1.54) is 0 Å². The number of ether oxygens (including phenoxy) is 2. The van der Waals surface area contributed by atoms with Gasteiger partial charge in [0.25, 0.3) is 0 Å². The molecule has 1 aromatic carbocycles. The van der Waals surface area contributed by atoms with Crippen LogP contribution in [0.15, 0.2) is 42.6 Å². The molecule has 0 aliphatic carbocycles. The van der Waals surface area contributed by atoms with Crippen LogP contribution in [0.25, 0.3) is 11.3 Å². The quantitative estimate of drug-likeness (QED) is 0.758. The molecule has 0 amide bonds. The van der Waals surface area contributed by atoms with Crippen molar-refractivity contribution in [2.75, 3.05) is 19.0 Å². The molecule has 0 saturated carbocycles. The van der Waals surface area contributed by atoms with Crippen LogP contribution < -0.4 is 9.46 Å². The maximum Gasteiger partial charge on any atom is 0.211 e. The Balaban J connectivity index is 1.60. The van der Waals surface area contributed by atoms with Crippen molar-refractivity contribution in [2.24, 2.45) is 0 Å². The predicted octanol–water partition coefficient (Wildman–Crippen LogP) is 3.27. The molecule has 2 unspecified atom stereocenters. The number of aromatic nitrogens is 1. The number of nitrogens with one attached hydrogen (secondary N) is 1. The molecule has 2 atom stereocenters. The summed E-state index contributed by atoms with van der Waals surface area (Å²) in [6.45, 7) is 2.52. The third-order valence-electron chi connectivity index (χ3n) is 4.44. The minimum atomic E-state index is -3.28. The first-order valence-electron chi connectivity index (χ1n) is 8.93. The minimum absolute atomic E-state index is 0.0529. The molecule has 27 heavy (non-hydrogen) atoms. The summed E-state index contributed by atoms with van der Waals surface area (Å²) in [6.07, 6.45) is 2.88. The Morgan fingerprint density at radius 1 is 1.26 bits per heavy atom. The first-order chi connectivity index (χ1) is 13.0. The van der Waals surface area contributed by atoms with Gasteiger partial charge in [0.05, 0.1) is 22.5 Å². The number of hydrogen-bond donors (Lipinski definition) is 1. The van der Waals surface area contributed by atoms with Crippen molar-refractivity contribution in [3.8, 4) is 17.0 Å². The van der Waals surface area contributed by atoms with Gasteiger partial charge in [0.2, 0.25) is 10.0 Å². The summed E-state index contributed by atoms with van der Waals surface area (Å²) in [5.41, 5.74) is 1.79. The van der Waals surface area contributed by atoms with Gasteiger partial charge in [-0.3, -0.25) is 4.98 Å². The zero-order valence-corrected chi connectivity index (χ0v) is 16.7. The van der Waals surface area contributed by atoms with E-state index in [9.17, 15) is 8.42 Å². The van der Waals surface area contributed by atoms with Crippen molar-refractivity contribution in [2.45, 2.75) is 31.9 Å². The van der Waals surface area contributed by atoms with Crippen molar-refractivity contribution < 1.29 is 17.9 Å². The average Bonchev–Trinajstić information content (AvgIpc) is 2.68. The van der Waals surface area contributed by atoms with E-state index in [0.29, 0.717) is 17.4 Å². The Hall–Kier alpha value is -1.67. The lowest BCUT2D eigenvalue weighted by Crippen LogP contribution is -2.49. The molecular weight excluding hydrogens is 388 g/mol. The monoisotopic (exact) mass is 410 g/mol. The Kier molecular flexibility index (Phi) is 6.70. The second-order valence-electron chi connectivity index (χ2n) is 6.38. The maximum absolute atomic E-state index is 11.9. The molecule has 2 heterocycles. The van der Waals surface area contributed by atoms with E-state index in [1.54, 1.807) is 19.2 Å². The Labute approximate surface area is 164 Å². The smallest absolute Gasteiger partial charge is 0.211 e. The summed E-state index contributed by atoms with van der Waals surface area (Å²) in [4.78, 5) is 4.29. The van der Waals surface area contributed by atoms with Crippen molar-refractivity contribution in [3.05, 3.63) is 47.6 Å². The van der Waals surface area contributed by atoms with Crippen LogP contribution in [0, 0.1) is 0 Å². The summed E-state index contributed by atoms with van der Waals surface area (Å²) < 4.78 is 38.0. The van der Waals surface area contributed by atoms with E-state index in [2.05, 4.69) is 9.71 Å². The van der Waals surface area contributed by atoms with Gasteiger partial charge < -0.3 is 9.47 Å². The molecule has 8 heteroatoms. The summed E-state index contributed by atoms with van der Waals surface area (Å²) in [6, 6.07) is 11.0. The van der Waals surface area contributed by atoms with Gasteiger partial charge in [0, 0.05) is 18.4 Å². The number of rotatable bonds is 7. The van der Waals surface area contributed by atoms with Gasteiger partial charge in [-0.2, -0.15) is 0 Å². The summed E-state index contributed by atoms with van der Waals surface area (Å²) in [7, 11) is -3.28. The molecule has 0 radical (unpaired) electrons. The highest BCUT2D eigenvalue weighted by Crippen LogP contribution is 2.23. The maximum atomic E-state index is 11.9. The SMILES string of the molecule is CCS(=O)(=O)NC1CCCOC1COc1ccc(-c2ccc(Cl)cn2)cc1. The van der Waals surface area contributed by atoms with Crippen molar-refractivity contribution in [3.63, 3.8) is 0 Å². The molecule has 2 aromatic rings. The number of hydrogen-bond acceptors (Lipinski definition) is 5. The standard InChI is InChI=1S/C19H23ClN2O4S/c1-2-27(23,24)22-18-4-3-11-25-19(18)13-26-16-8-5-14(6-9-16)17-10-7-15(20)12-21-17/h5-10,12,18-19,22H,2-4,11,13H2,1H3. The molecule has 146 valence electrons. The number of benzene rings is 1. The number of halogens is 1. The topological polar surface area (TPSA) is 77.5 Å². The minimum Gasteiger partial charge on any atom is -0.491 e. The Morgan fingerprint density at radius 3 is 2.70 bits per heavy atom. The van der Waals surface area contributed by atoms with Gasteiger partial charge in [-0.15, -0.1) is 0 Å². The zero-order valence-electron chi connectivity index (χ0n) is 15.1.